The molecule has 4 heteroatoms. The van der Waals surface area contributed by atoms with E-state index in [9.17, 15) is 5.11 Å². The van der Waals surface area contributed by atoms with Gasteiger partial charge in [0.1, 0.15) is 12.4 Å². The monoisotopic (exact) mass is 519 g/mol. The highest BCUT2D eigenvalue weighted by molar-refractivity contribution is 6.34. The van der Waals surface area contributed by atoms with Crippen molar-refractivity contribution < 1.29 is 14.5 Å². The van der Waals surface area contributed by atoms with Crippen molar-refractivity contribution in [3.05, 3.63) is 112 Å². The van der Waals surface area contributed by atoms with Gasteiger partial charge in [0.15, 0.2) is 0 Å². The maximum atomic E-state index is 10.3. The quantitative estimate of drug-likeness (QED) is 0.312. The van der Waals surface area contributed by atoms with Crippen LogP contribution < -0.4 is 0 Å². The van der Waals surface area contributed by atoms with Gasteiger partial charge in [-0.05, 0) is 93.2 Å². The molecule has 201 valence electrons. The average molecular weight is 520 g/mol. The summed E-state index contributed by atoms with van der Waals surface area (Å²) in [6, 6.07) is 15.9. The molecular formula is C35H40BO3. The van der Waals surface area contributed by atoms with Gasteiger partial charge in [0.25, 0.3) is 0 Å². The summed E-state index contributed by atoms with van der Waals surface area (Å²) < 4.78 is 12.0. The number of rotatable bonds is 6. The van der Waals surface area contributed by atoms with Crippen LogP contribution in [0.5, 0.6) is 0 Å². The highest BCUT2D eigenvalue weighted by atomic mass is 16.5. The van der Waals surface area contributed by atoms with Crippen LogP contribution in [0.25, 0.3) is 16.7 Å². The van der Waals surface area contributed by atoms with E-state index in [4.69, 9.17) is 9.39 Å². The Bertz CT molecular complexity index is 1360. The van der Waals surface area contributed by atoms with E-state index in [1.54, 1.807) is 21.3 Å². The van der Waals surface area contributed by atoms with Crippen LogP contribution in [0.15, 0.2) is 95.7 Å². The number of fused-ring (bicyclic) bond motifs is 3. The smallest absolute Gasteiger partial charge is 0.323 e. The molecule has 1 N–H and O–H groups in total. The van der Waals surface area contributed by atoms with Crippen LogP contribution in [0.4, 0.5) is 0 Å². The van der Waals surface area contributed by atoms with Gasteiger partial charge in [-0.25, -0.2) is 0 Å². The van der Waals surface area contributed by atoms with Gasteiger partial charge < -0.3 is 14.5 Å². The zero-order valence-corrected chi connectivity index (χ0v) is 23.8. The number of benzene rings is 2. The minimum absolute atomic E-state index is 0.587. The molecule has 0 aromatic heterocycles. The highest BCUT2D eigenvalue weighted by Crippen LogP contribution is 2.43. The summed E-state index contributed by atoms with van der Waals surface area (Å²) in [6.45, 7) is 7.88. The van der Waals surface area contributed by atoms with Crippen molar-refractivity contribution in [2.24, 2.45) is 0 Å². The predicted molar refractivity (Wildman–Crippen MR) is 162 cm³/mol. The van der Waals surface area contributed by atoms with Crippen molar-refractivity contribution in [2.75, 3.05) is 6.61 Å². The second-order valence-corrected chi connectivity index (χ2v) is 11.7. The lowest BCUT2D eigenvalue weighted by molar-refractivity contribution is -0.0894. The summed E-state index contributed by atoms with van der Waals surface area (Å²) in [4.78, 5) is 0. The zero-order chi connectivity index (χ0) is 27.5. The Morgan fingerprint density at radius 2 is 1.77 bits per heavy atom. The maximum Gasteiger partial charge on any atom is 0.323 e. The number of hydrogen-bond donors (Lipinski definition) is 1. The van der Waals surface area contributed by atoms with Gasteiger partial charge in [-0.2, -0.15) is 0 Å². The van der Waals surface area contributed by atoms with Crippen LogP contribution in [0.2, 0.25) is 0 Å². The first-order valence-corrected chi connectivity index (χ1v) is 14.3. The molecule has 0 saturated carbocycles. The lowest BCUT2D eigenvalue weighted by atomic mass is 9.84. The standard InChI is InChI=1S/C35H40BO3/c1-34(2,37)35(3,4)39-36-22-12-16-28-24-38-32-19-11-18-31(33(28)32)27-20-21-30-26(23-27)15-8-6-5-7-13-25-14-9-10-17-29(25)30/h6,8-10,12,14,16-18,20-23,37H,5,7,11,13,15,19,24H2,1-4H3/b8-6-,22-12+,28-16+. The summed E-state index contributed by atoms with van der Waals surface area (Å²) in [7, 11) is 1.66. The average Bonchev–Trinajstić information content (AvgIpc) is 3.33. The Morgan fingerprint density at radius 3 is 2.62 bits per heavy atom. The first-order chi connectivity index (χ1) is 18.7. The fraction of sp³-hybridized carbons (Fsp3) is 0.371. The summed E-state index contributed by atoms with van der Waals surface area (Å²) in [5, 5.41) is 10.3. The summed E-state index contributed by atoms with van der Waals surface area (Å²) in [5.74, 6) is 2.98. The molecule has 0 atom stereocenters. The maximum absolute atomic E-state index is 10.3. The van der Waals surface area contributed by atoms with Gasteiger partial charge in [0.2, 0.25) is 0 Å². The molecule has 0 fully saturated rings. The number of aryl methyl sites for hydroxylation is 1. The minimum Gasteiger partial charge on any atom is -0.493 e. The zero-order valence-electron chi connectivity index (χ0n) is 23.8. The van der Waals surface area contributed by atoms with Crippen LogP contribution in [0, 0.1) is 0 Å². The van der Waals surface area contributed by atoms with Crippen molar-refractivity contribution in [2.45, 2.75) is 77.4 Å². The van der Waals surface area contributed by atoms with Crippen LogP contribution in [0.1, 0.15) is 70.1 Å². The molecule has 3 nitrogen and oxygen atoms in total. The van der Waals surface area contributed by atoms with E-state index in [1.165, 1.54) is 51.0 Å². The van der Waals surface area contributed by atoms with Gasteiger partial charge in [0.05, 0.1) is 11.2 Å². The Morgan fingerprint density at radius 1 is 0.949 bits per heavy atom. The first-order valence-electron chi connectivity index (χ1n) is 14.3. The Kier molecular flexibility index (Phi) is 8.16. The highest BCUT2D eigenvalue weighted by Gasteiger charge is 2.35. The lowest BCUT2D eigenvalue weighted by Gasteiger charge is -2.37. The van der Waals surface area contributed by atoms with Crippen LogP contribution in [-0.2, 0) is 22.2 Å². The van der Waals surface area contributed by atoms with E-state index < -0.39 is 11.2 Å². The van der Waals surface area contributed by atoms with Gasteiger partial charge in [-0.15, -0.1) is 0 Å². The van der Waals surface area contributed by atoms with Crippen LogP contribution in [0.3, 0.4) is 0 Å². The van der Waals surface area contributed by atoms with Gasteiger partial charge in [0, 0.05) is 17.6 Å². The summed E-state index contributed by atoms with van der Waals surface area (Å²) >= 11 is 0. The van der Waals surface area contributed by atoms with E-state index in [2.05, 4.69) is 66.8 Å². The Hall–Kier alpha value is -3.08. The van der Waals surface area contributed by atoms with Gasteiger partial charge >= 0.3 is 7.48 Å². The third-order valence-corrected chi connectivity index (χ3v) is 8.36. The molecule has 0 unspecified atom stereocenters. The molecular weight excluding hydrogens is 479 g/mol. The predicted octanol–water partition coefficient (Wildman–Crippen LogP) is 7.88. The first kappa shape index (κ1) is 27.5. The van der Waals surface area contributed by atoms with Crippen molar-refractivity contribution in [3.8, 4) is 11.1 Å². The fourth-order valence-electron chi connectivity index (χ4n) is 5.36. The Labute approximate surface area is 234 Å². The minimum atomic E-state index is -0.945. The normalized spacial score (nSPS) is 19.7. The topological polar surface area (TPSA) is 38.7 Å². The van der Waals surface area contributed by atoms with E-state index >= 15 is 0 Å². The Balaban J connectivity index is 1.41. The van der Waals surface area contributed by atoms with Gasteiger partial charge in [-0.1, -0.05) is 78.8 Å². The molecule has 1 radical (unpaired) electrons. The molecule has 5 rings (SSSR count). The SMILES string of the molecule is CC(C)(O)C(C)(C)O[B]/C=C/C=C1\COC2=C1C(c1ccc3c(c1)C/C=C\CCCc1ccccc1-3)=CCC2. The molecule has 39 heavy (non-hydrogen) atoms. The summed E-state index contributed by atoms with van der Waals surface area (Å²) in [6.07, 6.45) is 17.5. The fourth-order valence-corrected chi connectivity index (χ4v) is 5.36. The number of aliphatic hydroxyl groups is 1. The summed E-state index contributed by atoms with van der Waals surface area (Å²) in [5.41, 5.74) is 8.85. The van der Waals surface area contributed by atoms with E-state index in [1.807, 2.05) is 25.9 Å². The molecule has 0 bridgehead atoms. The largest absolute Gasteiger partial charge is 0.493 e. The van der Waals surface area contributed by atoms with Crippen molar-refractivity contribution in [1.29, 1.82) is 0 Å². The molecule has 2 aliphatic carbocycles. The van der Waals surface area contributed by atoms with E-state index in [-0.39, 0.29) is 0 Å². The number of allylic oxidation sites excluding steroid dienone is 7. The van der Waals surface area contributed by atoms with Crippen molar-refractivity contribution >= 4 is 13.1 Å². The molecule has 1 aliphatic heterocycles. The molecule has 0 spiro atoms. The molecule has 0 amide bonds. The molecule has 2 aromatic carbocycles. The van der Waals surface area contributed by atoms with Crippen molar-refractivity contribution in [3.63, 3.8) is 0 Å². The molecule has 3 aliphatic rings. The van der Waals surface area contributed by atoms with Gasteiger partial charge in [-0.3, -0.25) is 0 Å². The third kappa shape index (κ3) is 6.08. The van der Waals surface area contributed by atoms with E-state index in [0.717, 1.165) is 37.9 Å². The van der Waals surface area contributed by atoms with Crippen molar-refractivity contribution in [1.82, 2.24) is 0 Å². The van der Waals surface area contributed by atoms with Crippen LogP contribution >= 0.6 is 0 Å². The third-order valence-electron chi connectivity index (χ3n) is 8.36. The second kappa shape index (κ2) is 11.6. The molecule has 2 aromatic rings. The lowest BCUT2D eigenvalue weighted by Crippen LogP contribution is -2.47. The number of ether oxygens (including phenoxy) is 1. The van der Waals surface area contributed by atoms with E-state index in [0.29, 0.717) is 6.61 Å². The number of hydrogen-bond acceptors (Lipinski definition) is 3. The molecule has 0 saturated heterocycles. The van der Waals surface area contributed by atoms with Crippen LogP contribution in [-0.4, -0.2) is 30.4 Å². The molecule has 1 heterocycles. The second-order valence-electron chi connectivity index (χ2n) is 11.7.